The third kappa shape index (κ3) is 3.95. The van der Waals surface area contributed by atoms with Crippen LogP contribution in [0.4, 0.5) is 17.1 Å². The standard InChI is InChI=1S/C16H20N4O/c1-4-17-12-8-9-18-15(11-12)16(21)19-13-6-5-7-14(10-13)20(2)3/h5-11H,4H2,1-3H3,(H,17,18)(H,19,21). The fourth-order valence-corrected chi connectivity index (χ4v) is 1.93. The van der Waals surface area contributed by atoms with E-state index in [0.717, 1.165) is 23.6 Å². The van der Waals surface area contributed by atoms with Gasteiger partial charge in [0.2, 0.25) is 0 Å². The van der Waals surface area contributed by atoms with Gasteiger partial charge in [-0.1, -0.05) is 6.07 Å². The number of benzene rings is 1. The number of rotatable bonds is 5. The van der Waals surface area contributed by atoms with Gasteiger partial charge in [0.05, 0.1) is 0 Å². The van der Waals surface area contributed by atoms with Crippen molar-refractivity contribution >= 4 is 23.0 Å². The lowest BCUT2D eigenvalue weighted by Crippen LogP contribution is -2.15. The molecule has 1 heterocycles. The van der Waals surface area contributed by atoms with Crippen LogP contribution in [0.1, 0.15) is 17.4 Å². The molecule has 110 valence electrons. The Hall–Kier alpha value is -2.56. The number of carbonyl (C=O) groups excluding carboxylic acids is 1. The Labute approximate surface area is 125 Å². The minimum absolute atomic E-state index is 0.217. The number of nitrogens with zero attached hydrogens (tertiary/aromatic N) is 2. The smallest absolute Gasteiger partial charge is 0.274 e. The van der Waals surface area contributed by atoms with Crippen molar-refractivity contribution in [2.24, 2.45) is 0 Å². The van der Waals surface area contributed by atoms with E-state index in [4.69, 9.17) is 0 Å². The van der Waals surface area contributed by atoms with Gasteiger partial charge in [-0.05, 0) is 37.3 Å². The van der Waals surface area contributed by atoms with Crippen molar-refractivity contribution in [3.8, 4) is 0 Å². The first kappa shape index (κ1) is 14.8. The monoisotopic (exact) mass is 284 g/mol. The van der Waals surface area contributed by atoms with Crippen LogP contribution in [0.25, 0.3) is 0 Å². The van der Waals surface area contributed by atoms with Gasteiger partial charge in [-0.2, -0.15) is 0 Å². The van der Waals surface area contributed by atoms with Crippen molar-refractivity contribution in [1.29, 1.82) is 0 Å². The van der Waals surface area contributed by atoms with E-state index in [1.165, 1.54) is 0 Å². The lowest BCUT2D eigenvalue weighted by atomic mass is 10.2. The average Bonchev–Trinajstić information content (AvgIpc) is 2.48. The number of carbonyl (C=O) groups is 1. The maximum Gasteiger partial charge on any atom is 0.274 e. The van der Waals surface area contributed by atoms with Gasteiger partial charge in [0.15, 0.2) is 0 Å². The van der Waals surface area contributed by atoms with Gasteiger partial charge in [0, 0.05) is 43.9 Å². The predicted molar refractivity (Wildman–Crippen MR) is 87.1 cm³/mol. The van der Waals surface area contributed by atoms with E-state index in [1.54, 1.807) is 12.3 Å². The van der Waals surface area contributed by atoms with Crippen LogP contribution in [0.3, 0.4) is 0 Å². The largest absolute Gasteiger partial charge is 0.385 e. The number of hydrogen-bond acceptors (Lipinski definition) is 4. The summed E-state index contributed by atoms with van der Waals surface area (Å²) in [6, 6.07) is 11.3. The van der Waals surface area contributed by atoms with Crippen LogP contribution in [0.5, 0.6) is 0 Å². The number of anilines is 3. The molecule has 5 nitrogen and oxygen atoms in total. The van der Waals surface area contributed by atoms with Gasteiger partial charge < -0.3 is 15.5 Å². The highest BCUT2D eigenvalue weighted by atomic mass is 16.1. The van der Waals surface area contributed by atoms with Crippen molar-refractivity contribution in [3.05, 3.63) is 48.3 Å². The lowest BCUT2D eigenvalue weighted by Gasteiger charge is -2.14. The number of hydrogen-bond donors (Lipinski definition) is 2. The molecule has 21 heavy (non-hydrogen) atoms. The second-order valence-electron chi connectivity index (χ2n) is 4.86. The van der Waals surface area contributed by atoms with Crippen molar-refractivity contribution < 1.29 is 4.79 Å². The Morgan fingerprint density at radius 3 is 2.71 bits per heavy atom. The highest BCUT2D eigenvalue weighted by Crippen LogP contribution is 2.18. The van der Waals surface area contributed by atoms with Gasteiger partial charge in [0.25, 0.3) is 5.91 Å². The van der Waals surface area contributed by atoms with E-state index in [1.807, 2.05) is 56.3 Å². The molecule has 2 N–H and O–H groups in total. The first-order valence-corrected chi connectivity index (χ1v) is 6.89. The number of pyridine rings is 1. The normalized spacial score (nSPS) is 10.0. The van der Waals surface area contributed by atoms with Gasteiger partial charge in [-0.15, -0.1) is 0 Å². The molecule has 0 saturated carbocycles. The summed E-state index contributed by atoms with van der Waals surface area (Å²) in [5, 5.41) is 6.03. The topological polar surface area (TPSA) is 57.3 Å². The predicted octanol–water partition coefficient (Wildman–Crippen LogP) is 2.83. The van der Waals surface area contributed by atoms with Crippen LogP contribution in [-0.4, -0.2) is 31.5 Å². The molecule has 0 aliphatic carbocycles. The highest BCUT2D eigenvalue weighted by Gasteiger charge is 2.09. The molecule has 5 heteroatoms. The second-order valence-corrected chi connectivity index (χ2v) is 4.86. The minimum Gasteiger partial charge on any atom is -0.385 e. The van der Waals surface area contributed by atoms with Crippen LogP contribution in [0, 0.1) is 0 Å². The Morgan fingerprint density at radius 1 is 1.19 bits per heavy atom. The Kier molecular flexibility index (Phi) is 4.77. The summed E-state index contributed by atoms with van der Waals surface area (Å²) < 4.78 is 0. The molecule has 0 atom stereocenters. The van der Waals surface area contributed by atoms with E-state index in [9.17, 15) is 4.79 Å². The summed E-state index contributed by atoms with van der Waals surface area (Å²) in [5.41, 5.74) is 3.06. The highest BCUT2D eigenvalue weighted by molar-refractivity contribution is 6.03. The zero-order chi connectivity index (χ0) is 15.2. The summed E-state index contributed by atoms with van der Waals surface area (Å²) in [7, 11) is 3.92. The van der Waals surface area contributed by atoms with E-state index in [-0.39, 0.29) is 5.91 Å². The van der Waals surface area contributed by atoms with E-state index in [0.29, 0.717) is 5.69 Å². The van der Waals surface area contributed by atoms with Crippen LogP contribution in [0.2, 0.25) is 0 Å². The first-order chi connectivity index (χ1) is 10.1. The van der Waals surface area contributed by atoms with Crippen LogP contribution in [-0.2, 0) is 0 Å². The SMILES string of the molecule is CCNc1ccnc(C(=O)Nc2cccc(N(C)C)c2)c1. The first-order valence-electron chi connectivity index (χ1n) is 6.89. The maximum absolute atomic E-state index is 12.2. The summed E-state index contributed by atoms with van der Waals surface area (Å²) in [6.45, 7) is 2.81. The number of amides is 1. The molecule has 1 aromatic carbocycles. The van der Waals surface area contributed by atoms with Crippen LogP contribution < -0.4 is 15.5 Å². The third-order valence-electron chi connectivity index (χ3n) is 2.99. The second kappa shape index (κ2) is 6.74. The average molecular weight is 284 g/mol. The summed E-state index contributed by atoms with van der Waals surface area (Å²) in [6.07, 6.45) is 1.63. The minimum atomic E-state index is -0.217. The molecule has 1 amide bonds. The molecule has 2 rings (SSSR count). The van der Waals surface area contributed by atoms with Crippen molar-refractivity contribution in [2.45, 2.75) is 6.92 Å². The molecule has 0 spiro atoms. The van der Waals surface area contributed by atoms with Crippen LogP contribution in [0.15, 0.2) is 42.6 Å². The lowest BCUT2D eigenvalue weighted by molar-refractivity contribution is 0.102. The van der Waals surface area contributed by atoms with E-state index < -0.39 is 0 Å². The van der Waals surface area contributed by atoms with Crippen molar-refractivity contribution in [3.63, 3.8) is 0 Å². The molecule has 0 fully saturated rings. The third-order valence-corrected chi connectivity index (χ3v) is 2.99. The van der Waals surface area contributed by atoms with Crippen molar-refractivity contribution in [1.82, 2.24) is 4.98 Å². The molecule has 1 aromatic heterocycles. The van der Waals surface area contributed by atoms with Gasteiger partial charge in [0.1, 0.15) is 5.69 Å². The molecule has 0 radical (unpaired) electrons. The van der Waals surface area contributed by atoms with Crippen molar-refractivity contribution in [2.75, 3.05) is 36.2 Å². The number of aromatic nitrogens is 1. The zero-order valence-electron chi connectivity index (χ0n) is 12.6. The molecule has 0 aliphatic rings. The fourth-order valence-electron chi connectivity index (χ4n) is 1.93. The summed E-state index contributed by atoms with van der Waals surface area (Å²) in [4.78, 5) is 18.3. The quantitative estimate of drug-likeness (QED) is 0.886. The summed E-state index contributed by atoms with van der Waals surface area (Å²) >= 11 is 0. The molecule has 0 saturated heterocycles. The van der Waals surface area contributed by atoms with Crippen LogP contribution >= 0.6 is 0 Å². The fraction of sp³-hybridized carbons (Fsp3) is 0.250. The van der Waals surface area contributed by atoms with Gasteiger partial charge in [-0.25, -0.2) is 0 Å². The molecule has 0 bridgehead atoms. The molecule has 2 aromatic rings. The molecule has 0 unspecified atom stereocenters. The summed E-state index contributed by atoms with van der Waals surface area (Å²) in [5.74, 6) is -0.217. The van der Waals surface area contributed by atoms with Gasteiger partial charge in [-0.3, -0.25) is 9.78 Å². The Morgan fingerprint density at radius 2 is 2.00 bits per heavy atom. The van der Waals surface area contributed by atoms with E-state index >= 15 is 0 Å². The van der Waals surface area contributed by atoms with Gasteiger partial charge >= 0.3 is 0 Å². The molecular formula is C16H20N4O. The maximum atomic E-state index is 12.2. The molecular weight excluding hydrogens is 264 g/mol. The Bertz CT molecular complexity index is 625. The van der Waals surface area contributed by atoms with E-state index in [2.05, 4.69) is 15.6 Å². The molecule has 0 aliphatic heterocycles. The Balaban J connectivity index is 2.14. The zero-order valence-corrected chi connectivity index (χ0v) is 12.6. The number of nitrogens with one attached hydrogen (secondary N) is 2.